The summed E-state index contributed by atoms with van der Waals surface area (Å²) in [5.74, 6) is 1.76. The van der Waals surface area contributed by atoms with Gasteiger partial charge >= 0.3 is 0 Å². The van der Waals surface area contributed by atoms with E-state index in [0.29, 0.717) is 17.6 Å². The van der Waals surface area contributed by atoms with Crippen LogP contribution < -0.4 is 0 Å². The van der Waals surface area contributed by atoms with Crippen LogP contribution in [0.3, 0.4) is 0 Å². The lowest BCUT2D eigenvalue weighted by atomic mass is 9.95. The summed E-state index contributed by atoms with van der Waals surface area (Å²) in [6.07, 6.45) is 4.32. The van der Waals surface area contributed by atoms with E-state index in [-0.39, 0.29) is 6.42 Å². The second-order valence-corrected chi connectivity index (χ2v) is 4.45. The number of likely N-dealkylation sites (tertiary alicyclic amines) is 1. The minimum Gasteiger partial charge on any atom is -0.339 e. The van der Waals surface area contributed by atoms with Gasteiger partial charge in [0.15, 0.2) is 5.82 Å². The van der Waals surface area contributed by atoms with Crippen molar-refractivity contribution in [2.75, 3.05) is 20.1 Å². The topological polar surface area (TPSA) is 59.2 Å². The number of hydrogen-bond acceptors (Lipinski definition) is 5. The van der Waals surface area contributed by atoms with E-state index >= 15 is 0 Å². The molecule has 1 unspecified atom stereocenters. The van der Waals surface area contributed by atoms with Crippen molar-refractivity contribution in [3.05, 3.63) is 11.7 Å². The highest BCUT2D eigenvalue weighted by atomic mass is 16.5. The molecule has 0 aromatic carbocycles. The minimum atomic E-state index is 0.244. The van der Waals surface area contributed by atoms with Crippen LogP contribution in [0.4, 0.5) is 0 Å². The molecule has 0 bridgehead atoms. The molecule has 1 aromatic heterocycles. The number of carbonyl (C=O) groups excluding carboxylic acids is 1. The van der Waals surface area contributed by atoms with Crippen LogP contribution in [0.2, 0.25) is 0 Å². The fraction of sp³-hybridized carbons (Fsp3) is 0.727. The van der Waals surface area contributed by atoms with Crippen molar-refractivity contribution in [1.82, 2.24) is 15.0 Å². The smallest absolute Gasteiger partial charge is 0.226 e. The molecule has 5 heteroatoms. The molecule has 5 nitrogen and oxygen atoms in total. The summed E-state index contributed by atoms with van der Waals surface area (Å²) in [4.78, 5) is 16.8. The fourth-order valence-corrected chi connectivity index (χ4v) is 2.22. The zero-order valence-corrected chi connectivity index (χ0v) is 9.56. The Hall–Kier alpha value is -1.23. The van der Waals surface area contributed by atoms with Crippen molar-refractivity contribution < 1.29 is 9.32 Å². The van der Waals surface area contributed by atoms with Gasteiger partial charge in [-0.3, -0.25) is 0 Å². The van der Waals surface area contributed by atoms with Gasteiger partial charge in [-0.1, -0.05) is 5.16 Å². The third kappa shape index (κ3) is 2.88. The molecule has 1 atom stereocenters. The lowest BCUT2D eigenvalue weighted by molar-refractivity contribution is -0.107. The molecule has 1 aliphatic rings. The van der Waals surface area contributed by atoms with Crippen LogP contribution in [-0.2, 0) is 17.6 Å². The molecular weight excluding hydrogens is 206 g/mol. The van der Waals surface area contributed by atoms with E-state index in [4.69, 9.17) is 4.52 Å². The first-order valence-corrected chi connectivity index (χ1v) is 5.71. The highest BCUT2D eigenvalue weighted by molar-refractivity contribution is 5.52. The minimum absolute atomic E-state index is 0.244. The van der Waals surface area contributed by atoms with Crippen LogP contribution in [0.1, 0.15) is 24.6 Å². The number of rotatable bonds is 4. The normalized spacial score (nSPS) is 22.2. The van der Waals surface area contributed by atoms with Crippen LogP contribution in [0, 0.1) is 5.92 Å². The average molecular weight is 223 g/mol. The van der Waals surface area contributed by atoms with Crippen LogP contribution in [0.15, 0.2) is 4.52 Å². The van der Waals surface area contributed by atoms with Gasteiger partial charge < -0.3 is 14.2 Å². The maximum Gasteiger partial charge on any atom is 0.226 e. The van der Waals surface area contributed by atoms with Crippen LogP contribution in [-0.4, -0.2) is 41.5 Å². The number of piperidine rings is 1. The first-order valence-electron chi connectivity index (χ1n) is 5.71. The Labute approximate surface area is 94.8 Å². The van der Waals surface area contributed by atoms with E-state index < -0.39 is 0 Å². The molecule has 0 spiro atoms. The van der Waals surface area contributed by atoms with E-state index in [0.717, 1.165) is 19.3 Å². The Morgan fingerprint density at radius 1 is 1.62 bits per heavy atom. The van der Waals surface area contributed by atoms with Crippen LogP contribution >= 0.6 is 0 Å². The zero-order chi connectivity index (χ0) is 11.4. The van der Waals surface area contributed by atoms with Crippen molar-refractivity contribution in [1.29, 1.82) is 0 Å². The van der Waals surface area contributed by atoms with E-state index in [1.165, 1.54) is 19.4 Å². The summed E-state index contributed by atoms with van der Waals surface area (Å²) < 4.78 is 5.12. The number of aldehydes is 1. The number of carbonyl (C=O) groups is 1. The van der Waals surface area contributed by atoms with Gasteiger partial charge in [-0.2, -0.15) is 4.98 Å². The van der Waals surface area contributed by atoms with Gasteiger partial charge in [0.25, 0.3) is 0 Å². The third-order valence-corrected chi connectivity index (χ3v) is 2.96. The molecular formula is C11H17N3O2. The summed E-state index contributed by atoms with van der Waals surface area (Å²) in [5, 5.41) is 3.76. The Balaban J connectivity index is 1.89. The molecule has 1 aliphatic heterocycles. The van der Waals surface area contributed by atoms with Crippen LogP contribution in [0.25, 0.3) is 0 Å². The molecule has 0 amide bonds. The van der Waals surface area contributed by atoms with E-state index in [9.17, 15) is 4.79 Å². The molecule has 0 N–H and O–H groups in total. The summed E-state index contributed by atoms with van der Waals surface area (Å²) in [6, 6.07) is 0. The highest BCUT2D eigenvalue weighted by Gasteiger charge is 2.20. The second-order valence-electron chi connectivity index (χ2n) is 4.45. The Morgan fingerprint density at radius 3 is 3.25 bits per heavy atom. The maximum atomic E-state index is 10.3. The molecule has 1 fully saturated rings. The number of hydrogen-bond donors (Lipinski definition) is 0. The predicted molar refractivity (Wildman–Crippen MR) is 58.0 cm³/mol. The summed E-state index contributed by atoms with van der Waals surface area (Å²) in [5.41, 5.74) is 0. The quantitative estimate of drug-likeness (QED) is 0.703. The third-order valence-electron chi connectivity index (χ3n) is 2.96. The van der Waals surface area contributed by atoms with Crippen molar-refractivity contribution in [3.63, 3.8) is 0 Å². The van der Waals surface area contributed by atoms with Gasteiger partial charge in [0.05, 0.1) is 6.42 Å². The van der Waals surface area contributed by atoms with Gasteiger partial charge in [0.2, 0.25) is 5.89 Å². The average Bonchev–Trinajstić information content (AvgIpc) is 2.66. The van der Waals surface area contributed by atoms with Gasteiger partial charge in [-0.15, -0.1) is 0 Å². The van der Waals surface area contributed by atoms with Gasteiger partial charge in [0.1, 0.15) is 6.29 Å². The molecule has 0 radical (unpaired) electrons. The summed E-state index contributed by atoms with van der Waals surface area (Å²) in [6.45, 7) is 2.27. The monoisotopic (exact) mass is 223 g/mol. The van der Waals surface area contributed by atoms with Crippen LogP contribution in [0.5, 0.6) is 0 Å². The molecule has 2 heterocycles. The highest BCUT2D eigenvalue weighted by Crippen LogP contribution is 2.18. The first-order chi connectivity index (χ1) is 7.78. The molecule has 1 saturated heterocycles. The maximum absolute atomic E-state index is 10.3. The Bertz CT molecular complexity index is 351. The van der Waals surface area contributed by atoms with E-state index in [1.807, 2.05) is 0 Å². The summed E-state index contributed by atoms with van der Waals surface area (Å²) >= 11 is 0. The second kappa shape index (κ2) is 5.21. The van der Waals surface area contributed by atoms with Crippen molar-refractivity contribution in [2.45, 2.75) is 25.7 Å². The van der Waals surface area contributed by atoms with E-state index in [2.05, 4.69) is 22.1 Å². The van der Waals surface area contributed by atoms with Gasteiger partial charge in [-0.25, -0.2) is 0 Å². The Morgan fingerprint density at radius 2 is 2.50 bits per heavy atom. The molecule has 88 valence electrons. The summed E-state index contributed by atoms with van der Waals surface area (Å²) in [7, 11) is 2.14. The number of nitrogens with zero attached hydrogens (tertiary/aromatic N) is 3. The molecule has 0 aliphatic carbocycles. The molecule has 0 saturated carbocycles. The van der Waals surface area contributed by atoms with Crippen molar-refractivity contribution >= 4 is 6.29 Å². The zero-order valence-electron chi connectivity index (χ0n) is 9.56. The molecule has 1 aromatic rings. The largest absolute Gasteiger partial charge is 0.339 e. The van der Waals surface area contributed by atoms with Crippen molar-refractivity contribution in [2.24, 2.45) is 5.92 Å². The lowest BCUT2D eigenvalue weighted by Crippen LogP contribution is -2.33. The van der Waals surface area contributed by atoms with Crippen molar-refractivity contribution in [3.8, 4) is 0 Å². The van der Waals surface area contributed by atoms with Gasteiger partial charge in [0, 0.05) is 13.0 Å². The van der Waals surface area contributed by atoms with Gasteiger partial charge in [-0.05, 0) is 32.4 Å². The first kappa shape index (κ1) is 11.3. The standard InChI is InChI=1S/C11H17N3O2/c1-14-5-2-3-9(8-14)7-11-12-10(4-6-15)13-16-11/h6,9H,2-5,7-8H2,1H3. The number of aromatic nitrogens is 2. The SMILES string of the molecule is CN1CCCC(Cc2nc(CC=O)no2)C1. The Kier molecular flexibility index (Phi) is 3.66. The van der Waals surface area contributed by atoms with E-state index in [1.54, 1.807) is 0 Å². The molecule has 16 heavy (non-hydrogen) atoms. The fourth-order valence-electron chi connectivity index (χ4n) is 2.22. The lowest BCUT2D eigenvalue weighted by Gasteiger charge is -2.28. The predicted octanol–water partition coefficient (Wildman–Crippen LogP) is 0.695. The molecule has 2 rings (SSSR count).